The van der Waals surface area contributed by atoms with Crippen molar-refractivity contribution >= 4 is 33.2 Å². The van der Waals surface area contributed by atoms with Crippen LogP contribution in [0.15, 0.2) is 60.7 Å². The molecule has 0 radical (unpaired) electrons. The lowest BCUT2D eigenvalue weighted by atomic mass is 9.96. The highest BCUT2D eigenvalue weighted by Crippen LogP contribution is 2.20. The molecule has 1 fully saturated rings. The molecule has 0 bridgehead atoms. The summed E-state index contributed by atoms with van der Waals surface area (Å²) in [6.45, 7) is 0.851. The fraction of sp³-hybridized carbons (Fsp3) is 0.333. The molecule has 0 spiro atoms. The zero-order valence-corrected chi connectivity index (χ0v) is 16.9. The largest absolute Gasteiger partial charge is 0.342 e. The van der Waals surface area contributed by atoms with E-state index >= 15 is 0 Å². The number of piperidine rings is 1. The summed E-state index contributed by atoms with van der Waals surface area (Å²) >= 11 is 0. The molecule has 0 aliphatic carbocycles. The molecule has 1 unspecified atom stereocenters. The Morgan fingerprint density at radius 3 is 2.24 bits per heavy atom. The van der Waals surface area contributed by atoms with Crippen LogP contribution in [-0.2, 0) is 19.6 Å². The van der Waals surface area contributed by atoms with E-state index in [2.05, 4.69) is 10.0 Å². The van der Waals surface area contributed by atoms with Crippen molar-refractivity contribution in [1.29, 1.82) is 0 Å². The Labute approximate surface area is 171 Å². The van der Waals surface area contributed by atoms with Gasteiger partial charge in [0.1, 0.15) is 0 Å². The third-order valence-electron chi connectivity index (χ3n) is 4.82. The molecule has 8 heteroatoms. The van der Waals surface area contributed by atoms with Crippen LogP contribution in [0.3, 0.4) is 0 Å². The molecule has 2 aromatic rings. The number of hydrogen-bond donors (Lipinski definition) is 2. The van der Waals surface area contributed by atoms with Crippen LogP contribution in [0.5, 0.6) is 0 Å². The summed E-state index contributed by atoms with van der Waals surface area (Å²) in [7, 11) is -3.62. The van der Waals surface area contributed by atoms with Crippen molar-refractivity contribution < 1.29 is 18.0 Å². The number of carbonyl (C=O) groups is 2. The molecule has 1 saturated heterocycles. The predicted molar refractivity (Wildman–Crippen MR) is 113 cm³/mol. The van der Waals surface area contributed by atoms with Gasteiger partial charge >= 0.3 is 0 Å². The minimum absolute atomic E-state index is 0.116. The van der Waals surface area contributed by atoms with Crippen LogP contribution < -0.4 is 10.0 Å². The molecule has 2 aromatic carbocycles. The number of nitrogens with zero attached hydrogens (tertiary/aromatic N) is 1. The SMILES string of the molecule is O=C(Nc1ccccc1)C1CCCN(C(=O)CCS(=O)(=O)Nc2ccccc2)C1. The minimum atomic E-state index is -3.62. The number of sulfonamides is 1. The minimum Gasteiger partial charge on any atom is -0.342 e. The van der Waals surface area contributed by atoms with Crippen molar-refractivity contribution in [2.75, 3.05) is 28.9 Å². The summed E-state index contributed by atoms with van der Waals surface area (Å²) in [5, 5.41) is 2.87. The summed E-state index contributed by atoms with van der Waals surface area (Å²) in [5.74, 6) is -0.961. The van der Waals surface area contributed by atoms with E-state index in [9.17, 15) is 18.0 Å². The van der Waals surface area contributed by atoms with Crippen LogP contribution in [0.25, 0.3) is 0 Å². The van der Waals surface area contributed by atoms with Gasteiger partial charge in [0, 0.05) is 30.9 Å². The highest BCUT2D eigenvalue weighted by atomic mass is 32.2. The molecule has 0 saturated carbocycles. The van der Waals surface area contributed by atoms with Gasteiger partial charge in [-0.25, -0.2) is 8.42 Å². The molecule has 154 valence electrons. The van der Waals surface area contributed by atoms with E-state index < -0.39 is 10.0 Å². The second-order valence-corrected chi connectivity index (χ2v) is 8.91. The van der Waals surface area contributed by atoms with Gasteiger partial charge in [-0.2, -0.15) is 0 Å². The van der Waals surface area contributed by atoms with Crippen molar-refractivity contribution in [2.45, 2.75) is 19.3 Å². The zero-order valence-electron chi connectivity index (χ0n) is 16.1. The summed E-state index contributed by atoms with van der Waals surface area (Å²) in [6.07, 6.45) is 1.30. The third-order valence-corrected chi connectivity index (χ3v) is 6.11. The first-order valence-corrected chi connectivity index (χ1v) is 11.3. The van der Waals surface area contributed by atoms with Crippen molar-refractivity contribution in [2.24, 2.45) is 5.92 Å². The molecule has 0 aromatic heterocycles. The number of hydrogen-bond acceptors (Lipinski definition) is 4. The Morgan fingerprint density at radius 1 is 0.966 bits per heavy atom. The van der Waals surface area contributed by atoms with E-state index in [0.29, 0.717) is 31.6 Å². The first-order valence-electron chi connectivity index (χ1n) is 9.62. The Kier molecular flexibility index (Phi) is 6.87. The predicted octanol–water partition coefficient (Wildman–Crippen LogP) is 2.70. The van der Waals surface area contributed by atoms with E-state index in [-0.39, 0.29) is 29.9 Å². The molecule has 29 heavy (non-hydrogen) atoms. The number of anilines is 2. The quantitative estimate of drug-likeness (QED) is 0.727. The molecule has 2 N–H and O–H groups in total. The first-order chi connectivity index (χ1) is 13.9. The van der Waals surface area contributed by atoms with E-state index in [1.165, 1.54) is 0 Å². The highest BCUT2D eigenvalue weighted by Gasteiger charge is 2.29. The number of rotatable bonds is 7. The molecule has 1 aliphatic heterocycles. The Morgan fingerprint density at radius 2 is 1.59 bits per heavy atom. The van der Waals surface area contributed by atoms with Crippen LogP contribution >= 0.6 is 0 Å². The molecular weight excluding hydrogens is 390 g/mol. The molecule has 3 rings (SSSR count). The highest BCUT2D eigenvalue weighted by molar-refractivity contribution is 7.92. The fourth-order valence-electron chi connectivity index (χ4n) is 3.30. The van der Waals surface area contributed by atoms with Gasteiger partial charge in [0.05, 0.1) is 11.7 Å². The number of benzene rings is 2. The summed E-state index contributed by atoms with van der Waals surface area (Å²) in [5.41, 5.74) is 1.19. The number of para-hydroxylation sites is 2. The van der Waals surface area contributed by atoms with Crippen LogP contribution in [0, 0.1) is 5.92 Å². The van der Waals surface area contributed by atoms with E-state index in [0.717, 1.165) is 5.69 Å². The Balaban J connectivity index is 1.51. The lowest BCUT2D eigenvalue weighted by molar-refractivity contribution is -0.134. The van der Waals surface area contributed by atoms with Crippen molar-refractivity contribution in [3.8, 4) is 0 Å². The van der Waals surface area contributed by atoms with E-state index in [1.807, 2.05) is 30.3 Å². The second kappa shape index (κ2) is 9.56. The molecule has 1 aliphatic rings. The van der Waals surface area contributed by atoms with Crippen LogP contribution in [0.1, 0.15) is 19.3 Å². The maximum atomic E-state index is 12.5. The second-order valence-electron chi connectivity index (χ2n) is 7.07. The first kappa shape index (κ1) is 20.9. The summed E-state index contributed by atoms with van der Waals surface area (Å²) in [4.78, 5) is 26.6. The average molecular weight is 416 g/mol. The van der Waals surface area contributed by atoms with Gasteiger partial charge in [0.2, 0.25) is 21.8 Å². The maximum Gasteiger partial charge on any atom is 0.233 e. The zero-order chi connectivity index (χ0) is 20.7. The van der Waals surface area contributed by atoms with Crippen LogP contribution in [0.2, 0.25) is 0 Å². The monoisotopic (exact) mass is 415 g/mol. The van der Waals surface area contributed by atoms with Gasteiger partial charge in [0.15, 0.2) is 0 Å². The topological polar surface area (TPSA) is 95.6 Å². The molecular formula is C21H25N3O4S. The standard InChI is InChI=1S/C21H25N3O4S/c25-20(13-15-29(27,28)23-19-11-5-2-6-12-19)24-14-7-8-17(16-24)21(26)22-18-9-3-1-4-10-18/h1-6,9-12,17,23H,7-8,13-16H2,(H,22,26). The van der Waals surface area contributed by atoms with Crippen LogP contribution in [0.4, 0.5) is 11.4 Å². The molecule has 2 amide bonds. The maximum absolute atomic E-state index is 12.5. The number of carbonyl (C=O) groups excluding carboxylic acids is 2. The smallest absolute Gasteiger partial charge is 0.233 e. The Hall–Kier alpha value is -2.87. The van der Waals surface area contributed by atoms with Gasteiger partial charge < -0.3 is 10.2 Å². The molecule has 1 heterocycles. The van der Waals surface area contributed by atoms with Gasteiger partial charge in [-0.3, -0.25) is 14.3 Å². The van der Waals surface area contributed by atoms with Crippen molar-refractivity contribution in [3.63, 3.8) is 0 Å². The summed E-state index contributed by atoms with van der Waals surface area (Å²) in [6, 6.07) is 17.8. The van der Waals surface area contributed by atoms with Gasteiger partial charge in [-0.1, -0.05) is 36.4 Å². The van der Waals surface area contributed by atoms with Gasteiger partial charge in [0.25, 0.3) is 0 Å². The third kappa shape index (κ3) is 6.32. The lowest BCUT2D eigenvalue weighted by Crippen LogP contribution is -2.44. The van der Waals surface area contributed by atoms with Crippen LogP contribution in [-0.4, -0.2) is 44.0 Å². The number of amides is 2. The lowest BCUT2D eigenvalue weighted by Gasteiger charge is -2.32. The Bertz CT molecular complexity index is 933. The number of likely N-dealkylation sites (tertiary alicyclic amines) is 1. The average Bonchev–Trinajstić information content (AvgIpc) is 2.73. The summed E-state index contributed by atoms with van der Waals surface area (Å²) < 4.78 is 26.9. The van der Waals surface area contributed by atoms with Gasteiger partial charge in [-0.05, 0) is 37.1 Å². The molecule has 1 atom stereocenters. The normalized spacial score (nSPS) is 16.8. The van der Waals surface area contributed by atoms with E-state index in [4.69, 9.17) is 0 Å². The van der Waals surface area contributed by atoms with Crippen molar-refractivity contribution in [1.82, 2.24) is 4.90 Å². The number of nitrogens with one attached hydrogen (secondary N) is 2. The van der Waals surface area contributed by atoms with Crippen molar-refractivity contribution in [3.05, 3.63) is 60.7 Å². The fourth-order valence-corrected chi connectivity index (χ4v) is 4.34. The van der Waals surface area contributed by atoms with Gasteiger partial charge in [-0.15, -0.1) is 0 Å². The van der Waals surface area contributed by atoms with E-state index in [1.54, 1.807) is 35.2 Å². The molecule has 7 nitrogen and oxygen atoms in total.